The summed E-state index contributed by atoms with van der Waals surface area (Å²) in [7, 11) is 1.89. The highest BCUT2D eigenvalue weighted by Crippen LogP contribution is 2.13. The first-order valence-corrected chi connectivity index (χ1v) is 4.60. The minimum atomic E-state index is 0.690. The third kappa shape index (κ3) is 1.09. The molecule has 5 heteroatoms. The third-order valence-electron chi connectivity index (χ3n) is 1.71. The summed E-state index contributed by atoms with van der Waals surface area (Å²) in [5.74, 6) is 0. The van der Waals surface area contributed by atoms with Gasteiger partial charge in [0, 0.05) is 7.05 Å². The van der Waals surface area contributed by atoms with Crippen LogP contribution in [0.25, 0.3) is 11.2 Å². The monoisotopic (exact) mass is 243 g/mol. The largest absolute Gasteiger partial charge is 0.329 e. The first-order valence-electron chi connectivity index (χ1n) is 3.40. The van der Waals surface area contributed by atoms with Crippen LogP contribution < -0.4 is 0 Å². The van der Waals surface area contributed by atoms with Crippen molar-refractivity contribution in [1.82, 2.24) is 14.5 Å². The molecule has 0 unspecified atom stereocenters. The number of nitrogens with zero attached hydrogens (tertiary/aromatic N) is 2. The average molecular weight is 244 g/mol. The van der Waals surface area contributed by atoms with Crippen LogP contribution in [0.2, 0.25) is 0 Å². The maximum Gasteiger partial charge on any atom is 0.179 e. The summed E-state index contributed by atoms with van der Waals surface area (Å²) in [5.41, 5.74) is 1.83. The van der Waals surface area contributed by atoms with Crippen molar-refractivity contribution in [3.8, 4) is 0 Å². The van der Waals surface area contributed by atoms with Crippen molar-refractivity contribution >= 4 is 39.3 Å². The van der Waals surface area contributed by atoms with E-state index in [0.717, 1.165) is 15.8 Å². The molecule has 0 fully saturated rings. The molecule has 2 aromatic heterocycles. The summed E-state index contributed by atoms with van der Waals surface area (Å²) in [6.07, 6.45) is 0. The van der Waals surface area contributed by atoms with E-state index in [1.54, 1.807) is 0 Å². The summed E-state index contributed by atoms with van der Waals surface area (Å²) in [6.45, 7) is 0. The zero-order valence-electron chi connectivity index (χ0n) is 6.34. The number of aromatic amines is 1. The first kappa shape index (κ1) is 7.94. The van der Waals surface area contributed by atoms with Crippen molar-refractivity contribution in [2.45, 2.75) is 0 Å². The van der Waals surface area contributed by atoms with Crippen LogP contribution in [0.5, 0.6) is 0 Å². The van der Waals surface area contributed by atoms with E-state index in [2.05, 4.69) is 25.9 Å². The normalized spacial score (nSPS) is 10.8. The van der Waals surface area contributed by atoms with Gasteiger partial charge in [0.1, 0.15) is 4.60 Å². The van der Waals surface area contributed by atoms with Crippen molar-refractivity contribution in [1.29, 1.82) is 0 Å². The van der Waals surface area contributed by atoms with Gasteiger partial charge in [0.25, 0.3) is 0 Å². The standard InChI is InChI=1S/C7H6BrN3S/c1-11-6-4(9-7(11)12)2-3-5(8)10-6/h2-3H,1H3,(H,9,12). The molecule has 0 spiro atoms. The fourth-order valence-electron chi connectivity index (χ4n) is 1.07. The molecule has 0 aromatic carbocycles. The molecule has 0 amide bonds. The van der Waals surface area contributed by atoms with Gasteiger partial charge in [0.2, 0.25) is 0 Å². The first-order chi connectivity index (χ1) is 5.68. The van der Waals surface area contributed by atoms with E-state index in [4.69, 9.17) is 12.2 Å². The third-order valence-corrected chi connectivity index (χ3v) is 2.52. The Morgan fingerprint density at radius 3 is 3.08 bits per heavy atom. The van der Waals surface area contributed by atoms with Crippen molar-refractivity contribution in [2.24, 2.45) is 7.05 Å². The average Bonchev–Trinajstić information content (AvgIpc) is 2.31. The Morgan fingerprint density at radius 2 is 2.33 bits per heavy atom. The summed E-state index contributed by atoms with van der Waals surface area (Å²) in [6, 6.07) is 3.83. The Balaban J connectivity index is 2.98. The highest BCUT2D eigenvalue weighted by molar-refractivity contribution is 9.10. The molecule has 0 radical (unpaired) electrons. The highest BCUT2D eigenvalue weighted by atomic mass is 79.9. The van der Waals surface area contributed by atoms with Gasteiger partial charge in [-0.05, 0) is 40.3 Å². The van der Waals surface area contributed by atoms with E-state index in [-0.39, 0.29) is 0 Å². The number of hydrogen-bond donors (Lipinski definition) is 1. The number of aryl methyl sites for hydroxylation is 1. The van der Waals surface area contributed by atoms with E-state index in [0.29, 0.717) is 4.77 Å². The molecular formula is C7H6BrN3S. The van der Waals surface area contributed by atoms with Crippen molar-refractivity contribution < 1.29 is 0 Å². The summed E-state index contributed by atoms with van der Waals surface area (Å²) in [4.78, 5) is 7.33. The second-order valence-corrected chi connectivity index (χ2v) is 3.69. The quantitative estimate of drug-likeness (QED) is 0.570. The number of aromatic nitrogens is 3. The Labute approximate surface area is 82.6 Å². The molecule has 0 saturated heterocycles. The van der Waals surface area contributed by atoms with Gasteiger partial charge < -0.3 is 9.55 Å². The van der Waals surface area contributed by atoms with Crippen LogP contribution in [0.4, 0.5) is 0 Å². The predicted octanol–water partition coefficient (Wildman–Crippen LogP) is 2.39. The van der Waals surface area contributed by atoms with E-state index < -0.39 is 0 Å². The lowest BCUT2D eigenvalue weighted by atomic mass is 10.4. The van der Waals surface area contributed by atoms with Gasteiger partial charge in [-0.3, -0.25) is 0 Å². The number of H-pyrrole nitrogens is 1. The molecular weight excluding hydrogens is 238 g/mol. The number of rotatable bonds is 0. The lowest BCUT2D eigenvalue weighted by Crippen LogP contribution is -1.88. The predicted molar refractivity (Wildman–Crippen MR) is 53.6 cm³/mol. The maximum absolute atomic E-state index is 5.05. The highest BCUT2D eigenvalue weighted by Gasteiger charge is 2.01. The smallest absolute Gasteiger partial charge is 0.179 e. The summed E-state index contributed by atoms with van der Waals surface area (Å²) < 4.78 is 3.35. The van der Waals surface area contributed by atoms with E-state index in [9.17, 15) is 0 Å². The van der Waals surface area contributed by atoms with Gasteiger partial charge in [-0.15, -0.1) is 0 Å². The van der Waals surface area contributed by atoms with Crippen molar-refractivity contribution in [3.05, 3.63) is 21.5 Å². The second kappa shape index (κ2) is 2.67. The number of nitrogens with one attached hydrogen (secondary N) is 1. The molecule has 2 heterocycles. The van der Waals surface area contributed by atoms with E-state index in [1.165, 1.54) is 0 Å². The Kier molecular flexibility index (Phi) is 1.77. The zero-order chi connectivity index (χ0) is 8.72. The van der Waals surface area contributed by atoms with Gasteiger partial charge in [-0.2, -0.15) is 0 Å². The minimum Gasteiger partial charge on any atom is -0.329 e. The summed E-state index contributed by atoms with van der Waals surface area (Å²) >= 11 is 8.35. The number of fused-ring (bicyclic) bond motifs is 1. The lowest BCUT2D eigenvalue weighted by molar-refractivity contribution is 0.910. The molecule has 2 rings (SSSR count). The van der Waals surface area contributed by atoms with Crippen LogP contribution >= 0.6 is 28.1 Å². The zero-order valence-corrected chi connectivity index (χ0v) is 8.74. The number of imidazole rings is 1. The molecule has 3 nitrogen and oxygen atoms in total. The molecule has 0 aliphatic carbocycles. The second-order valence-electron chi connectivity index (χ2n) is 2.49. The van der Waals surface area contributed by atoms with Gasteiger partial charge in [0.15, 0.2) is 10.4 Å². The van der Waals surface area contributed by atoms with Gasteiger partial charge in [-0.1, -0.05) is 0 Å². The Morgan fingerprint density at radius 1 is 1.58 bits per heavy atom. The van der Waals surface area contributed by atoms with Gasteiger partial charge in [-0.25, -0.2) is 4.98 Å². The van der Waals surface area contributed by atoms with Crippen LogP contribution in [0, 0.1) is 4.77 Å². The molecule has 1 N–H and O–H groups in total. The van der Waals surface area contributed by atoms with Gasteiger partial charge >= 0.3 is 0 Å². The van der Waals surface area contributed by atoms with Crippen LogP contribution in [0.1, 0.15) is 0 Å². The maximum atomic E-state index is 5.05. The Bertz CT molecular complexity index is 485. The number of halogens is 1. The fraction of sp³-hybridized carbons (Fsp3) is 0.143. The van der Waals surface area contributed by atoms with Crippen LogP contribution in [0.3, 0.4) is 0 Å². The fourth-order valence-corrected chi connectivity index (χ4v) is 1.57. The minimum absolute atomic E-state index is 0.690. The van der Waals surface area contributed by atoms with Crippen molar-refractivity contribution in [3.63, 3.8) is 0 Å². The SMILES string of the molecule is Cn1c(=S)[nH]c2ccc(Br)nc21. The topological polar surface area (TPSA) is 33.6 Å². The van der Waals surface area contributed by atoms with E-state index >= 15 is 0 Å². The molecule has 0 bridgehead atoms. The van der Waals surface area contributed by atoms with Crippen molar-refractivity contribution in [2.75, 3.05) is 0 Å². The van der Waals surface area contributed by atoms with E-state index in [1.807, 2.05) is 23.7 Å². The number of hydrogen-bond acceptors (Lipinski definition) is 2. The Hall–Kier alpha value is -0.680. The van der Waals surface area contributed by atoms with Crippen LogP contribution in [-0.4, -0.2) is 14.5 Å². The molecule has 62 valence electrons. The molecule has 0 aliphatic rings. The molecule has 0 saturated carbocycles. The summed E-state index contributed by atoms with van der Waals surface area (Å²) in [5, 5.41) is 0. The number of pyridine rings is 1. The molecule has 2 aromatic rings. The molecule has 12 heavy (non-hydrogen) atoms. The van der Waals surface area contributed by atoms with Crippen LogP contribution in [-0.2, 0) is 7.05 Å². The van der Waals surface area contributed by atoms with Gasteiger partial charge in [0.05, 0.1) is 5.52 Å². The lowest BCUT2D eigenvalue weighted by Gasteiger charge is -1.92. The van der Waals surface area contributed by atoms with Crippen LogP contribution in [0.15, 0.2) is 16.7 Å². The molecule has 0 atom stereocenters. The molecule has 0 aliphatic heterocycles.